The number of fused-ring (bicyclic) bond motifs is 1. The van der Waals surface area contributed by atoms with E-state index in [9.17, 15) is 0 Å². The molecule has 3 aromatic heterocycles. The first-order chi connectivity index (χ1) is 14.3. The van der Waals surface area contributed by atoms with Crippen molar-refractivity contribution in [2.45, 2.75) is 31.8 Å². The average molecular weight is 383 g/mol. The SMILES string of the molecule is Cn1cc(-c2ccc([C@@H]3CCCCN3Cc3ccnc4ccccc34)cn2)cn1. The van der Waals surface area contributed by atoms with Gasteiger partial charge in [0.2, 0.25) is 0 Å². The predicted molar refractivity (Wildman–Crippen MR) is 115 cm³/mol. The Morgan fingerprint density at radius 1 is 1.00 bits per heavy atom. The van der Waals surface area contributed by atoms with Crippen LogP contribution in [-0.4, -0.2) is 31.2 Å². The van der Waals surface area contributed by atoms with Crippen molar-refractivity contribution in [2.75, 3.05) is 6.54 Å². The van der Waals surface area contributed by atoms with Gasteiger partial charge in [0.15, 0.2) is 0 Å². The average Bonchev–Trinajstić information content (AvgIpc) is 3.21. The van der Waals surface area contributed by atoms with Crippen LogP contribution in [0.3, 0.4) is 0 Å². The molecule has 1 aliphatic heterocycles. The number of benzene rings is 1. The summed E-state index contributed by atoms with van der Waals surface area (Å²) in [4.78, 5) is 11.9. The zero-order valence-corrected chi connectivity index (χ0v) is 16.7. The number of para-hydroxylation sites is 1. The number of likely N-dealkylation sites (tertiary alicyclic amines) is 1. The molecule has 29 heavy (non-hydrogen) atoms. The van der Waals surface area contributed by atoms with Gasteiger partial charge in [-0.3, -0.25) is 19.5 Å². The van der Waals surface area contributed by atoms with Crippen LogP contribution >= 0.6 is 0 Å². The Morgan fingerprint density at radius 3 is 2.76 bits per heavy atom. The van der Waals surface area contributed by atoms with Crippen LogP contribution < -0.4 is 0 Å². The van der Waals surface area contributed by atoms with E-state index in [1.807, 2.05) is 30.3 Å². The fourth-order valence-corrected chi connectivity index (χ4v) is 4.40. The van der Waals surface area contributed by atoms with Crippen LogP contribution in [0.4, 0.5) is 0 Å². The van der Waals surface area contributed by atoms with Crippen molar-refractivity contribution in [1.29, 1.82) is 0 Å². The maximum absolute atomic E-state index is 4.74. The van der Waals surface area contributed by atoms with E-state index >= 15 is 0 Å². The molecule has 5 heteroatoms. The van der Waals surface area contributed by atoms with Crippen molar-refractivity contribution in [2.24, 2.45) is 7.05 Å². The first-order valence-corrected chi connectivity index (χ1v) is 10.3. The smallest absolute Gasteiger partial charge is 0.0733 e. The van der Waals surface area contributed by atoms with Gasteiger partial charge in [0.25, 0.3) is 0 Å². The Labute approximate surface area is 171 Å². The van der Waals surface area contributed by atoms with Crippen molar-refractivity contribution in [3.63, 3.8) is 0 Å². The highest BCUT2D eigenvalue weighted by atomic mass is 15.2. The molecule has 0 radical (unpaired) electrons. The van der Waals surface area contributed by atoms with Crippen molar-refractivity contribution >= 4 is 10.9 Å². The second-order valence-electron chi connectivity index (χ2n) is 7.85. The van der Waals surface area contributed by atoms with E-state index in [0.717, 1.165) is 29.9 Å². The highest BCUT2D eigenvalue weighted by Crippen LogP contribution is 2.33. The number of aryl methyl sites for hydroxylation is 1. The van der Waals surface area contributed by atoms with Gasteiger partial charge in [-0.05, 0) is 48.7 Å². The predicted octanol–water partition coefficient (Wildman–Crippen LogP) is 4.76. The number of piperidine rings is 1. The number of nitrogens with zero attached hydrogens (tertiary/aromatic N) is 5. The van der Waals surface area contributed by atoms with Gasteiger partial charge in [-0.1, -0.05) is 30.7 Å². The molecule has 4 aromatic rings. The van der Waals surface area contributed by atoms with Crippen LogP contribution in [0.15, 0.2) is 67.3 Å². The van der Waals surface area contributed by atoms with E-state index in [1.54, 1.807) is 0 Å². The molecule has 5 nitrogen and oxygen atoms in total. The Kier molecular flexibility index (Phi) is 4.82. The molecule has 0 N–H and O–H groups in total. The lowest BCUT2D eigenvalue weighted by atomic mass is 9.95. The third-order valence-corrected chi connectivity index (χ3v) is 5.90. The summed E-state index contributed by atoms with van der Waals surface area (Å²) < 4.78 is 1.81. The lowest BCUT2D eigenvalue weighted by Gasteiger charge is -2.36. The van der Waals surface area contributed by atoms with Gasteiger partial charge in [-0.15, -0.1) is 0 Å². The summed E-state index contributed by atoms with van der Waals surface area (Å²) in [5.41, 5.74) is 5.76. The molecule has 0 bridgehead atoms. The van der Waals surface area contributed by atoms with Crippen molar-refractivity contribution in [3.8, 4) is 11.3 Å². The summed E-state index contributed by atoms with van der Waals surface area (Å²) >= 11 is 0. The third kappa shape index (κ3) is 3.66. The fourth-order valence-electron chi connectivity index (χ4n) is 4.40. The second kappa shape index (κ2) is 7.76. The summed E-state index contributed by atoms with van der Waals surface area (Å²) in [6.07, 6.45) is 11.5. The molecule has 1 fully saturated rings. The topological polar surface area (TPSA) is 46.8 Å². The van der Waals surface area contributed by atoms with Crippen molar-refractivity contribution in [3.05, 3.63) is 78.4 Å². The molecular formula is C24H25N5. The highest BCUT2D eigenvalue weighted by molar-refractivity contribution is 5.81. The largest absolute Gasteiger partial charge is 0.292 e. The molecule has 0 unspecified atom stereocenters. The van der Waals surface area contributed by atoms with Crippen LogP contribution in [0.25, 0.3) is 22.2 Å². The van der Waals surface area contributed by atoms with E-state index < -0.39 is 0 Å². The van der Waals surface area contributed by atoms with Gasteiger partial charge in [0, 0.05) is 49.2 Å². The second-order valence-corrected chi connectivity index (χ2v) is 7.85. The van der Waals surface area contributed by atoms with Crippen molar-refractivity contribution < 1.29 is 0 Å². The lowest BCUT2D eigenvalue weighted by molar-refractivity contribution is 0.141. The van der Waals surface area contributed by atoms with E-state index in [2.05, 4.69) is 63.6 Å². The highest BCUT2D eigenvalue weighted by Gasteiger charge is 2.25. The van der Waals surface area contributed by atoms with Crippen LogP contribution in [0.5, 0.6) is 0 Å². The maximum atomic E-state index is 4.74. The van der Waals surface area contributed by atoms with Crippen LogP contribution in [0, 0.1) is 0 Å². The zero-order valence-electron chi connectivity index (χ0n) is 16.7. The maximum Gasteiger partial charge on any atom is 0.0733 e. The van der Waals surface area contributed by atoms with E-state index in [0.29, 0.717) is 6.04 Å². The van der Waals surface area contributed by atoms with Gasteiger partial charge in [-0.2, -0.15) is 5.10 Å². The first kappa shape index (κ1) is 18.0. The summed E-state index contributed by atoms with van der Waals surface area (Å²) in [5.74, 6) is 0. The quantitative estimate of drug-likeness (QED) is 0.510. The number of pyridine rings is 2. The molecule has 4 heterocycles. The molecule has 1 aliphatic rings. The van der Waals surface area contributed by atoms with Crippen LogP contribution in [0.1, 0.15) is 36.4 Å². The molecule has 0 amide bonds. The minimum atomic E-state index is 0.408. The fraction of sp³-hybridized carbons (Fsp3) is 0.292. The molecule has 0 aliphatic carbocycles. The lowest BCUT2D eigenvalue weighted by Crippen LogP contribution is -2.33. The van der Waals surface area contributed by atoms with Crippen LogP contribution in [-0.2, 0) is 13.6 Å². The molecule has 1 aromatic carbocycles. The molecule has 5 rings (SSSR count). The Morgan fingerprint density at radius 2 is 1.93 bits per heavy atom. The summed E-state index contributed by atoms with van der Waals surface area (Å²) in [7, 11) is 1.93. The molecule has 1 atom stereocenters. The number of hydrogen-bond donors (Lipinski definition) is 0. The molecule has 0 spiro atoms. The minimum Gasteiger partial charge on any atom is -0.292 e. The van der Waals surface area contributed by atoms with Gasteiger partial charge in [-0.25, -0.2) is 0 Å². The molecule has 1 saturated heterocycles. The number of rotatable bonds is 4. The number of hydrogen-bond acceptors (Lipinski definition) is 4. The van der Waals surface area contributed by atoms with Gasteiger partial charge in [0.1, 0.15) is 0 Å². The van der Waals surface area contributed by atoms with Gasteiger partial charge in [0.05, 0.1) is 17.4 Å². The van der Waals surface area contributed by atoms with E-state index in [-0.39, 0.29) is 0 Å². The summed E-state index contributed by atoms with van der Waals surface area (Å²) in [6.45, 7) is 2.06. The van der Waals surface area contributed by atoms with E-state index in [4.69, 9.17) is 4.98 Å². The molecule has 146 valence electrons. The standard InChI is InChI=1S/C24H25N5/c1-28-16-20(15-27-28)22-10-9-18(14-26-22)24-8-4-5-13-29(24)17-19-11-12-25-23-7-3-2-6-21(19)23/h2-3,6-7,9-12,14-16,24H,4-5,8,13,17H2,1H3/t24-/m0/s1. The summed E-state index contributed by atoms with van der Waals surface area (Å²) in [5, 5.41) is 5.51. The van der Waals surface area contributed by atoms with Gasteiger partial charge >= 0.3 is 0 Å². The van der Waals surface area contributed by atoms with Gasteiger partial charge < -0.3 is 0 Å². The number of aromatic nitrogens is 4. The zero-order chi connectivity index (χ0) is 19.6. The molecular weight excluding hydrogens is 358 g/mol. The Bertz CT molecular complexity index is 1110. The molecule has 0 saturated carbocycles. The Balaban J connectivity index is 1.41. The minimum absolute atomic E-state index is 0.408. The first-order valence-electron chi connectivity index (χ1n) is 10.3. The van der Waals surface area contributed by atoms with E-state index in [1.165, 1.54) is 35.8 Å². The Hall–Kier alpha value is -3.05. The monoisotopic (exact) mass is 383 g/mol. The van der Waals surface area contributed by atoms with Crippen molar-refractivity contribution in [1.82, 2.24) is 24.6 Å². The summed E-state index contributed by atoms with van der Waals surface area (Å²) in [6, 6.07) is 15.4. The van der Waals surface area contributed by atoms with Crippen LogP contribution in [0.2, 0.25) is 0 Å². The third-order valence-electron chi connectivity index (χ3n) is 5.90. The normalized spacial score (nSPS) is 17.6.